The number of carbonyl (C=O) groups excluding carboxylic acids is 2. The number of pyridine rings is 1. The number of rotatable bonds is 6. The monoisotopic (exact) mass is 507 g/mol. The van der Waals surface area contributed by atoms with E-state index in [-0.39, 0.29) is 42.7 Å². The Bertz CT molecular complexity index is 1260. The number of nitrogens with zero attached hydrogens (tertiary/aromatic N) is 2. The van der Waals surface area contributed by atoms with E-state index in [4.69, 9.17) is 5.11 Å². The number of carboxylic acid groups (broad SMARTS) is 1. The van der Waals surface area contributed by atoms with Gasteiger partial charge in [-0.2, -0.15) is 13.2 Å². The van der Waals surface area contributed by atoms with Gasteiger partial charge in [-0.15, -0.1) is 0 Å². The number of aromatic hydroxyl groups is 1. The van der Waals surface area contributed by atoms with Gasteiger partial charge in [-0.05, 0) is 30.5 Å². The topological polar surface area (TPSA) is 129 Å². The Morgan fingerprint density at radius 1 is 1.06 bits per heavy atom. The fourth-order valence-corrected chi connectivity index (χ4v) is 4.77. The van der Waals surface area contributed by atoms with Crippen molar-refractivity contribution >= 4 is 17.8 Å². The summed E-state index contributed by atoms with van der Waals surface area (Å²) in [5, 5.41) is 21.7. The van der Waals surface area contributed by atoms with Gasteiger partial charge in [0.05, 0.1) is 25.2 Å². The smallest absolute Gasteiger partial charge is 0.416 e. The number of hydrogen-bond donors (Lipinski definition) is 3. The molecule has 1 aliphatic heterocycles. The highest BCUT2D eigenvalue weighted by atomic mass is 19.4. The van der Waals surface area contributed by atoms with Crippen molar-refractivity contribution in [2.24, 2.45) is 5.92 Å². The second-order valence-corrected chi connectivity index (χ2v) is 8.99. The van der Waals surface area contributed by atoms with Crippen molar-refractivity contribution in [2.75, 3.05) is 6.54 Å². The highest BCUT2D eigenvalue weighted by Gasteiger charge is 2.36. The second kappa shape index (κ2) is 9.67. The van der Waals surface area contributed by atoms with Crippen molar-refractivity contribution in [3.05, 3.63) is 62.6 Å². The van der Waals surface area contributed by atoms with Crippen molar-refractivity contribution < 1.29 is 37.8 Å². The van der Waals surface area contributed by atoms with E-state index in [1.54, 1.807) is 0 Å². The first-order valence-corrected chi connectivity index (χ1v) is 11.4. The summed E-state index contributed by atoms with van der Waals surface area (Å²) in [7, 11) is 0. The quantitative estimate of drug-likeness (QED) is 0.551. The molecule has 1 aromatic carbocycles. The largest absolute Gasteiger partial charge is 0.506 e. The van der Waals surface area contributed by atoms with Gasteiger partial charge in [-0.25, -0.2) is 0 Å². The van der Waals surface area contributed by atoms with Gasteiger partial charge in [0.1, 0.15) is 17.9 Å². The van der Waals surface area contributed by atoms with Crippen LogP contribution >= 0.6 is 0 Å². The summed E-state index contributed by atoms with van der Waals surface area (Å²) in [5.41, 5.74) is -1.71. The molecule has 0 bridgehead atoms. The molecule has 0 saturated heterocycles. The van der Waals surface area contributed by atoms with Crippen LogP contribution in [0.3, 0.4) is 0 Å². The van der Waals surface area contributed by atoms with Gasteiger partial charge in [0.15, 0.2) is 0 Å². The third kappa shape index (κ3) is 4.93. The highest BCUT2D eigenvalue weighted by Crippen LogP contribution is 2.35. The second-order valence-electron chi connectivity index (χ2n) is 8.99. The molecule has 2 aromatic rings. The van der Waals surface area contributed by atoms with Crippen LogP contribution in [0.25, 0.3) is 0 Å². The van der Waals surface area contributed by atoms with Crippen molar-refractivity contribution in [3.63, 3.8) is 0 Å². The highest BCUT2D eigenvalue weighted by molar-refractivity contribution is 5.98. The van der Waals surface area contributed by atoms with Crippen LogP contribution in [0.1, 0.15) is 58.4 Å². The van der Waals surface area contributed by atoms with E-state index in [9.17, 15) is 37.5 Å². The summed E-state index contributed by atoms with van der Waals surface area (Å²) >= 11 is 0. The van der Waals surface area contributed by atoms with E-state index in [2.05, 4.69) is 0 Å². The third-order valence-corrected chi connectivity index (χ3v) is 6.61. The Labute approximate surface area is 203 Å². The molecule has 1 aromatic heterocycles. The number of carbonyl (C=O) groups is 3. The summed E-state index contributed by atoms with van der Waals surface area (Å²) in [6, 6.07) is 4.15. The molecule has 0 spiro atoms. The van der Waals surface area contributed by atoms with Gasteiger partial charge >= 0.3 is 12.1 Å². The molecular weight excluding hydrogens is 483 g/mol. The predicted octanol–water partition coefficient (Wildman–Crippen LogP) is 2.47. The molecular formula is C24H24F3N3O6. The minimum absolute atomic E-state index is 0.00880. The summed E-state index contributed by atoms with van der Waals surface area (Å²) in [4.78, 5) is 51.3. The Kier molecular flexibility index (Phi) is 6.79. The fraction of sp³-hybridized carbons (Fsp3) is 0.417. The standard InChI is InChI=1S/C24H24F3N3O6/c25-24(26,27)15-7-5-13(6-8-15)10-30-17-12-29(22(35)14-3-1-2-4-14)11-16(17)20(33)19(23(30)36)21(34)28-9-18(31)32/h5-8,14,33H,1-4,9-12H2,(H,28,34)(H,31,32). The van der Waals surface area contributed by atoms with Crippen LogP contribution in [0.5, 0.6) is 5.75 Å². The number of carboxylic acids is 1. The molecule has 12 heteroatoms. The van der Waals surface area contributed by atoms with Crippen LogP contribution in [-0.4, -0.2) is 44.0 Å². The number of alkyl halides is 3. The molecule has 3 N–H and O–H groups in total. The number of fused-ring (bicyclic) bond motifs is 1. The maximum Gasteiger partial charge on any atom is 0.416 e. The molecule has 0 radical (unpaired) electrons. The molecule has 4 rings (SSSR count). The number of aliphatic carboxylic acids is 1. The van der Waals surface area contributed by atoms with Gasteiger partial charge in [0, 0.05) is 17.2 Å². The van der Waals surface area contributed by atoms with Crippen LogP contribution in [0.15, 0.2) is 29.1 Å². The van der Waals surface area contributed by atoms with Gasteiger partial charge in [-0.1, -0.05) is 25.0 Å². The van der Waals surface area contributed by atoms with Gasteiger partial charge in [-0.3, -0.25) is 19.2 Å². The van der Waals surface area contributed by atoms with Crippen LogP contribution in [0.4, 0.5) is 13.2 Å². The molecule has 1 fully saturated rings. The first kappa shape index (κ1) is 25.3. The van der Waals surface area contributed by atoms with E-state index in [0.717, 1.165) is 42.4 Å². The average Bonchev–Trinajstić information content (AvgIpc) is 3.50. The zero-order chi connectivity index (χ0) is 26.2. The first-order valence-electron chi connectivity index (χ1n) is 11.4. The number of halogens is 3. The predicted molar refractivity (Wildman–Crippen MR) is 119 cm³/mol. The van der Waals surface area contributed by atoms with Crippen LogP contribution in [0, 0.1) is 5.92 Å². The maximum atomic E-state index is 13.3. The van der Waals surface area contributed by atoms with Crippen molar-refractivity contribution in [1.82, 2.24) is 14.8 Å². The summed E-state index contributed by atoms with van der Waals surface area (Å²) in [6.07, 6.45) is -1.21. The average molecular weight is 507 g/mol. The molecule has 0 atom stereocenters. The van der Waals surface area contributed by atoms with E-state index < -0.39 is 47.0 Å². The van der Waals surface area contributed by atoms with Crippen LogP contribution in [-0.2, 0) is 35.4 Å². The maximum absolute atomic E-state index is 13.3. The normalized spacial score (nSPS) is 15.7. The lowest BCUT2D eigenvalue weighted by atomic mass is 10.1. The third-order valence-electron chi connectivity index (χ3n) is 6.61. The molecule has 2 heterocycles. The minimum atomic E-state index is -4.54. The van der Waals surface area contributed by atoms with Gasteiger partial charge < -0.3 is 25.0 Å². The Morgan fingerprint density at radius 2 is 1.69 bits per heavy atom. The van der Waals surface area contributed by atoms with E-state index in [1.165, 1.54) is 17.0 Å². The van der Waals surface area contributed by atoms with Crippen molar-refractivity contribution in [1.29, 1.82) is 0 Å². The van der Waals surface area contributed by atoms with Gasteiger partial charge in [0.2, 0.25) is 5.91 Å². The lowest BCUT2D eigenvalue weighted by Crippen LogP contribution is -2.37. The van der Waals surface area contributed by atoms with E-state index in [1.807, 2.05) is 5.32 Å². The minimum Gasteiger partial charge on any atom is -0.506 e. The number of benzene rings is 1. The van der Waals surface area contributed by atoms with Crippen LogP contribution in [0.2, 0.25) is 0 Å². The molecule has 2 amide bonds. The molecule has 0 unspecified atom stereocenters. The summed E-state index contributed by atoms with van der Waals surface area (Å²) < 4.78 is 40.0. The zero-order valence-electron chi connectivity index (χ0n) is 19.1. The molecule has 1 saturated carbocycles. The first-order chi connectivity index (χ1) is 17.0. The van der Waals surface area contributed by atoms with Crippen molar-refractivity contribution in [2.45, 2.75) is 51.5 Å². The summed E-state index contributed by atoms with van der Waals surface area (Å²) in [6.45, 7) is -1.07. The molecule has 192 valence electrons. The Morgan fingerprint density at radius 3 is 2.28 bits per heavy atom. The van der Waals surface area contributed by atoms with Gasteiger partial charge in [0.25, 0.3) is 11.5 Å². The number of nitrogens with one attached hydrogen (secondary N) is 1. The molecule has 1 aliphatic carbocycles. The Hall–Kier alpha value is -3.83. The van der Waals surface area contributed by atoms with Crippen LogP contribution < -0.4 is 10.9 Å². The Balaban J connectivity index is 1.74. The number of amides is 2. The van der Waals surface area contributed by atoms with Crippen molar-refractivity contribution in [3.8, 4) is 5.75 Å². The molecule has 2 aliphatic rings. The van der Waals surface area contributed by atoms with E-state index in [0.29, 0.717) is 5.56 Å². The zero-order valence-corrected chi connectivity index (χ0v) is 19.1. The summed E-state index contributed by atoms with van der Waals surface area (Å²) in [5.74, 6) is -3.40. The van der Waals surface area contributed by atoms with E-state index >= 15 is 0 Å². The number of hydrogen-bond acceptors (Lipinski definition) is 5. The molecule has 36 heavy (non-hydrogen) atoms. The lowest BCUT2D eigenvalue weighted by molar-refractivity contribution is -0.138. The lowest BCUT2D eigenvalue weighted by Gasteiger charge is -2.19. The molecule has 9 nitrogen and oxygen atoms in total. The fourth-order valence-electron chi connectivity index (χ4n) is 4.77. The number of aromatic nitrogens is 1. The SMILES string of the molecule is O=C(O)CNC(=O)c1c(O)c2c(n(Cc3ccc(C(F)(F)F)cc3)c1=O)CN(C(=O)C1CCCC1)C2.